The van der Waals surface area contributed by atoms with Gasteiger partial charge in [-0.2, -0.15) is 0 Å². The third kappa shape index (κ3) is 2.11. The Kier molecular flexibility index (Phi) is 4.12. The van der Waals surface area contributed by atoms with Crippen molar-refractivity contribution in [1.29, 1.82) is 0 Å². The van der Waals surface area contributed by atoms with Crippen LogP contribution in [0.2, 0.25) is 0 Å². The summed E-state index contributed by atoms with van der Waals surface area (Å²) in [4.78, 5) is 33.5. The molecule has 4 N–H and O–H groups in total. The fourth-order valence-corrected chi connectivity index (χ4v) is 1.36. The third-order valence-corrected chi connectivity index (χ3v) is 2.14. The van der Waals surface area contributed by atoms with Gasteiger partial charge in [0.2, 0.25) is 6.10 Å². The normalized spacial score (nSPS) is 30.6. The molecule has 0 aromatic rings. The second-order valence-corrected chi connectivity index (χ2v) is 2.97. The Morgan fingerprint density at radius 1 is 1.25 bits per heavy atom. The van der Waals surface area contributed by atoms with Crippen LogP contribution in [0.25, 0.3) is 0 Å². The van der Waals surface area contributed by atoms with Crippen molar-refractivity contribution in [3.8, 4) is 0 Å². The first-order valence-corrected chi connectivity index (χ1v) is 4.01. The van der Waals surface area contributed by atoms with Crippen molar-refractivity contribution in [2.45, 2.75) is 18.3 Å². The molecule has 1 saturated heterocycles. The van der Waals surface area contributed by atoms with Gasteiger partial charge in [0, 0.05) is 0 Å². The zero-order valence-electron chi connectivity index (χ0n) is 7.72. The molecule has 10 heteroatoms. The maximum absolute atomic E-state index is 11.4. The Labute approximate surface area is 87.9 Å². The molecule has 1 heterocycles. The number of likely N-dealkylation sites (tertiary alicyclic amines) is 1. The molecule has 3 atom stereocenters. The number of carbonyl (C=O) groups excluding carboxylic acids is 1. The minimum Gasteiger partial charge on any atom is -0.465 e. The van der Waals surface area contributed by atoms with Gasteiger partial charge in [0.1, 0.15) is 6.10 Å². The number of hydrogen-bond acceptors (Lipinski definition) is 8. The minimum absolute atomic E-state index is 0.247. The Bertz CT molecular complexity index is 281. The molecule has 2 amide bonds. The van der Waals surface area contributed by atoms with E-state index in [9.17, 15) is 9.59 Å². The summed E-state index contributed by atoms with van der Waals surface area (Å²) in [6.45, 7) is -0.574. The highest BCUT2D eigenvalue weighted by atomic mass is 17.2. The maximum Gasteiger partial charge on any atom is 0.414 e. The van der Waals surface area contributed by atoms with Crippen LogP contribution in [0.15, 0.2) is 0 Å². The van der Waals surface area contributed by atoms with E-state index in [0.29, 0.717) is 0 Å². The Morgan fingerprint density at radius 3 is 2.25 bits per heavy atom. The van der Waals surface area contributed by atoms with Crippen LogP contribution in [0.1, 0.15) is 0 Å². The molecule has 0 aromatic carbocycles. The van der Waals surface area contributed by atoms with Gasteiger partial charge < -0.3 is 5.11 Å². The van der Waals surface area contributed by atoms with Crippen LogP contribution in [0, 0.1) is 0 Å². The van der Waals surface area contributed by atoms with E-state index in [1.165, 1.54) is 0 Å². The Morgan fingerprint density at radius 2 is 1.88 bits per heavy atom. The Balaban J connectivity index is 2.94. The van der Waals surface area contributed by atoms with Gasteiger partial charge in [-0.05, 0) is 0 Å². The van der Waals surface area contributed by atoms with Crippen molar-refractivity contribution in [3.05, 3.63) is 0 Å². The summed E-state index contributed by atoms with van der Waals surface area (Å²) in [5.41, 5.74) is 0. The van der Waals surface area contributed by atoms with Gasteiger partial charge in [0.05, 0.1) is 6.54 Å². The summed E-state index contributed by atoms with van der Waals surface area (Å²) < 4.78 is 0. The van der Waals surface area contributed by atoms with Crippen LogP contribution in [0.3, 0.4) is 0 Å². The van der Waals surface area contributed by atoms with E-state index in [1.54, 1.807) is 0 Å². The van der Waals surface area contributed by atoms with E-state index in [0.717, 1.165) is 0 Å². The van der Waals surface area contributed by atoms with E-state index in [2.05, 4.69) is 14.7 Å². The van der Waals surface area contributed by atoms with Gasteiger partial charge in [-0.1, -0.05) is 0 Å². The largest absolute Gasteiger partial charge is 0.465 e. The molecule has 10 nitrogen and oxygen atoms in total. The lowest BCUT2D eigenvalue weighted by molar-refractivity contribution is -0.397. The summed E-state index contributed by atoms with van der Waals surface area (Å²) >= 11 is 0. The predicted octanol–water partition coefficient (Wildman–Crippen LogP) is -0.919. The molecule has 16 heavy (non-hydrogen) atoms. The Hall–Kier alpha value is -1.30. The molecule has 0 saturated carbocycles. The number of amides is 2. The molecule has 0 bridgehead atoms. The highest BCUT2D eigenvalue weighted by Crippen LogP contribution is 2.20. The molecular formula is C6H9NO9. The minimum atomic E-state index is -1.81. The molecule has 0 spiro atoms. The first-order valence-electron chi connectivity index (χ1n) is 4.01. The molecule has 1 rings (SSSR count). The van der Waals surface area contributed by atoms with Crippen LogP contribution in [0.5, 0.6) is 0 Å². The molecule has 0 aromatic heterocycles. The summed E-state index contributed by atoms with van der Waals surface area (Å²) in [6, 6.07) is 0. The van der Waals surface area contributed by atoms with E-state index in [1.807, 2.05) is 0 Å². The number of rotatable bonds is 3. The predicted molar refractivity (Wildman–Crippen MR) is 42.2 cm³/mol. The topological polar surface area (TPSA) is 146 Å². The zero-order chi connectivity index (χ0) is 12.3. The van der Waals surface area contributed by atoms with Crippen LogP contribution in [-0.4, -0.2) is 62.6 Å². The lowest BCUT2D eigenvalue weighted by Crippen LogP contribution is -2.61. The number of carbonyl (C=O) groups is 2. The highest BCUT2D eigenvalue weighted by molar-refractivity contribution is 5.95. The first kappa shape index (κ1) is 12.8. The van der Waals surface area contributed by atoms with E-state index in [4.69, 9.17) is 20.9 Å². The molecule has 1 aliphatic rings. The zero-order valence-corrected chi connectivity index (χ0v) is 7.72. The average molecular weight is 239 g/mol. The van der Waals surface area contributed by atoms with Crippen LogP contribution in [0.4, 0.5) is 4.79 Å². The molecule has 3 unspecified atom stereocenters. The van der Waals surface area contributed by atoms with Crippen molar-refractivity contribution < 1.29 is 45.1 Å². The van der Waals surface area contributed by atoms with Crippen LogP contribution >= 0.6 is 0 Å². The molecule has 0 radical (unpaired) electrons. The fraction of sp³-hybridized carbons (Fsp3) is 0.667. The van der Waals surface area contributed by atoms with Crippen molar-refractivity contribution in [1.82, 2.24) is 4.90 Å². The van der Waals surface area contributed by atoms with Crippen molar-refractivity contribution in [2.75, 3.05) is 6.54 Å². The van der Waals surface area contributed by atoms with Gasteiger partial charge in [0.15, 0.2) is 6.10 Å². The summed E-state index contributed by atoms with van der Waals surface area (Å²) in [5.74, 6) is -1.15. The molecule has 1 aliphatic heterocycles. The van der Waals surface area contributed by atoms with Crippen molar-refractivity contribution in [2.24, 2.45) is 0 Å². The van der Waals surface area contributed by atoms with Crippen molar-refractivity contribution in [3.63, 3.8) is 0 Å². The summed E-state index contributed by atoms with van der Waals surface area (Å²) in [5, 5.41) is 33.9. The van der Waals surface area contributed by atoms with E-state index in [-0.39, 0.29) is 4.90 Å². The number of carboxylic acid groups (broad SMARTS) is 1. The van der Waals surface area contributed by atoms with Gasteiger partial charge in [0.25, 0.3) is 5.91 Å². The first-order chi connectivity index (χ1) is 7.56. The van der Waals surface area contributed by atoms with Gasteiger partial charge in [-0.15, -0.1) is 0 Å². The second kappa shape index (κ2) is 5.16. The van der Waals surface area contributed by atoms with Gasteiger partial charge >= 0.3 is 6.09 Å². The van der Waals surface area contributed by atoms with Crippen molar-refractivity contribution >= 4 is 12.0 Å². The molecule has 0 aliphatic carbocycles. The smallest absolute Gasteiger partial charge is 0.414 e. The quantitative estimate of drug-likeness (QED) is 0.362. The number of nitrogens with zero attached hydrogens (tertiary/aromatic N) is 1. The van der Waals surface area contributed by atoms with Gasteiger partial charge in [-0.3, -0.25) is 20.6 Å². The third-order valence-electron chi connectivity index (χ3n) is 2.14. The summed E-state index contributed by atoms with van der Waals surface area (Å²) in [7, 11) is 0. The monoisotopic (exact) mass is 239 g/mol. The summed E-state index contributed by atoms with van der Waals surface area (Å²) in [6.07, 6.45) is -6.36. The molecular weight excluding hydrogens is 230 g/mol. The lowest BCUT2D eigenvalue weighted by Gasteiger charge is -2.35. The molecule has 1 fully saturated rings. The lowest BCUT2D eigenvalue weighted by atomic mass is 10.0. The second-order valence-electron chi connectivity index (χ2n) is 2.97. The fourth-order valence-electron chi connectivity index (χ4n) is 1.36. The van der Waals surface area contributed by atoms with Gasteiger partial charge in [-0.25, -0.2) is 24.4 Å². The van der Waals surface area contributed by atoms with E-state index >= 15 is 0 Å². The number of hydrogen-bond donors (Lipinski definition) is 4. The van der Waals surface area contributed by atoms with Crippen LogP contribution in [-0.2, 0) is 19.5 Å². The SMILES string of the molecule is O=C(O)N1CC(OO)C(OO)C(OO)C1=O. The number of imide groups is 1. The standard InChI is InChI=1S/C6H9NO9/c8-5-4(16-13)3(15-12)2(14-11)1-7(5)6(9)10/h2-4,11-13H,1H2,(H,9,10). The highest BCUT2D eigenvalue weighted by Gasteiger charge is 2.48. The van der Waals surface area contributed by atoms with E-state index < -0.39 is 36.9 Å². The average Bonchev–Trinajstić information content (AvgIpc) is 2.27. The maximum atomic E-state index is 11.4. The number of piperidine rings is 1. The molecule has 92 valence electrons. The van der Waals surface area contributed by atoms with Crippen LogP contribution < -0.4 is 0 Å².